The molecule has 0 aliphatic rings. The van der Waals surface area contributed by atoms with Crippen molar-refractivity contribution in [3.63, 3.8) is 0 Å². The molecule has 26 heavy (non-hydrogen) atoms. The van der Waals surface area contributed by atoms with Gasteiger partial charge in [-0.2, -0.15) is 0 Å². The molecule has 0 saturated carbocycles. The van der Waals surface area contributed by atoms with E-state index in [1.165, 1.54) is 12.8 Å². The topological polar surface area (TPSA) is 65.5 Å². The zero-order chi connectivity index (χ0) is 18.7. The smallest absolute Gasteiger partial charge is 0.251 e. The molecule has 5 nitrogen and oxygen atoms in total. The van der Waals surface area contributed by atoms with E-state index in [1.54, 1.807) is 7.05 Å². The first-order valence-electron chi connectivity index (χ1n) is 9.32. The van der Waals surface area contributed by atoms with Crippen molar-refractivity contribution in [3.05, 3.63) is 35.4 Å². The van der Waals surface area contributed by atoms with Crippen molar-refractivity contribution in [2.24, 2.45) is 10.9 Å². The third kappa shape index (κ3) is 9.99. The van der Waals surface area contributed by atoms with Gasteiger partial charge in [-0.1, -0.05) is 38.8 Å². The van der Waals surface area contributed by atoms with Crippen LogP contribution in [0.1, 0.15) is 62.9 Å². The Morgan fingerprint density at radius 3 is 2.31 bits per heavy atom. The van der Waals surface area contributed by atoms with Crippen LogP contribution in [0.3, 0.4) is 0 Å². The number of rotatable bonds is 9. The van der Waals surface area contributed by atoms with E-state index in [-0.39, 0.29) is 29.9 Å². The van der Waals surface area contributed by atoms with Gasteiger partial charge in [-0.05, 0) is 43.9 Å². The highest BCUT2D eigenvalue weighted by Gasteiger charge is 2.06. The van der Waals surface area contributed by atoms with E-state index in [4.69, 9.17) is 0 Å². The van der Waals surface area contributed by atoms with Crippen LogP contribution in [0.2, 0.25) is 0 Å². The predicted molar refractivity (Wildman–Crippen MR) is 121 cm³/mol. The second-order valence-electron chi connectivity index (χ2n) is 6.84. The van der Waals surface area contributed by atoms with E-state index >= 15 is 0 Å². The van der Waals surface area contributed by atoms with Gasteiger partial charge < -0.3 is 16.0 Å². The van der Waals surface area contributed by atoms with Gasteiger partial charge in [0, 0.05) is 25.2 Å². The van der Waals surface area contributed by atoms with Crippen molar-refractivity contribution >= 4 is 35.8 Å². The van der Waals surface area contributed by atoms with Gasteiger partial charge in [-0.15, -0.1) is 24.0 Å². The lowest BCUT2D eigenvalue weighted by Gasteiger charge is -2.18. The van der Waals surface area contributed by atoms with Gasteiger partial charge in [0.15, 0.2) is 5.96 Å². The normalized spacial score (nSPS) is 12.3. The summed E-state index contributed by atoms with van der Waals surface area (Å²) in [5.74, 6) is 1.53. The molecule has 1 aromatic carbocycles. The number of benzene rings is 1. The zero-order valence-corrected chi connectivity index (χ0v) is 19.1. The predicted octanol–water partition coefficient (Wildman–Crippen LogP) is 3.93. The van der Waals surface area contributed by atoms with Gasteiger partial charge in [0.2, 0.25) is 0 Å². The van der Waals surface area contributed by atoms with Crippen LogP contribution in [-0.2, 0) is 6.54 Å². The van der Waals surface area contributed by atoms with Crippen LogP contribution >= 0.6 is 24.0 Å². The van der Waals surface area contributed by atoms with Crippen LogP contribution in [-0.4, -0.2) is 31.5 Å². The van der Waals surface area contributed by atoms with Crippen LogP contribution in [0, 0.1) is 5.92 Å². The quantitative estimate of drug-likeness (QED) is 0.289. The highest BCUT2D eigenvalue weighted by molar-refractivity contribution is 14.0. The van der Waals surface area contributed by atoms with E-state index in [9.17, 15) is 4.79 Å². The Labute approximate surface area is 175 Å². The van der Waals surface area contributed by atoms with Gasteiger partial charge in [0.05, 0.1) is 6.54 Å². The maximum Gasteiger partial charge on any atom is 0.251 e. The van der Waals surface area contributed by atoms with E-state index < -0.39 is 0 Å². The molecule has 0 fully saturated rings. The second-order valence-corrected chi connectivity index (χ2v) is 6.84. The van der Waals surface area contributed by atoms with Crippen LogP contribution in [0.5, 0.6) is 0 Å². The molecule has 1 aromatic rings. The molecule has 1 amide bonds. The summed E-state index contributed by atoms with van der Waals surface area (Å²) >= 11 is 0. The number of halogens is 1. The highest BCUT2D eigenvalue weighted by Crippen LogP contribution is 2.09. The SMILES string of the molecule is CCNC(=NCc1ccc(C(=O)NC)cc1)NC(C)CCCC(C)C.I. The molecular weight excluding hydrogens is 439 g/mol. The fourth-order valence-corrected chi connectivity index (χ4v) is 2.53. The Morgan fingerprint density at radius 1 is 1.12 bits per heavy atom. The number of amides is 1. The number of carbonyl (C=O) groups is 1. The van der Waals surface area contributed by atoms with E-state index in [1.807, 2.05) is 24.3 Å². The first-order valence-corrected chi connectivity index (χ1v) is 9.32. The minimum atomic E-state index is -0.0692. The Kier molecular flexibility index (Phi) is 13.1. The number of guanidine groups is 1. The number of nitrogens with zero attached hydrogens (tertiary/aromatic N) is 1. The molecule has 148 valence electrons. The van der Waals surface area contributed by atoms with Crippen LogP contribution in [0.25, 0.3) is 0 Å². The maximum absolute atomic E-state index is 11.6. The van der Waals surface area contributed by atoms with Gasteiger partial charge in [0.1, 0.15) is 0 Å². The maximum atomic E-state index is 11.6. The fourth-order valence-electron chi connectivity index (χ4n) is 2.53. The van der Waals surface area contributed by atoms with Crippen LogP contribution in [0.4, 0.5) is 0 Å². The summed E-state index contributed by atoms with van der Waals surface area (Å²) in [4.78, 5) is 16.2. The third-order valence-corrected chi connectivity index (χ3v) is 4.01. The van der Waals surface area contributed by atoms with Crippen molar-refractivity contribution in [2.45, 2.75) is 59.5 Å². The fraction of sp³-hybridized carbons (Fsp3) is 0.600. The largest absolute Gasteiger partial charge is 0.357 e. The van der Waals surface area contributed by atoms with Crippen molar-refractivity contribution < 1.29 is 4.79 Å². The summed E-state index contributed by atoms with van der Waals surface area (Å²) in [5, 5.41) is 9.40. The molecule has 0 aliphatic carbocycles. The molecular formula is C20H35IN4O. The summed E-state index contributed by atoms with van der Waals surface area (Å²) in [6, 6.07) is 7.96. The number of nitrogens with one attached hydrogen (secondary N) is 3. The summed E-state index contributed by atoms with van der Waals surface area (Å²) in [6.07, 6.45) is 3.63. The summed E-state index contributed by atoms with van der Waals surface area (Å²) in [5.41, 5.74) is 1.75. The number of hydrogen-bond acceptors (Lipinski definition) is 2. The van der Waals surface area contributed by atoms with E-state index in [0.717, 1.165) is 30.4 Å². The number of carbonyl (C=O) groups excluding carboxylic acids is 1. The molecule has 0 aromatic heterocycles. The third-order valence-electron chi connectivity index (χ3n) is 4.01. The lowest BCUT2D eigenvalue weighted by molar-refractivity contribution is 0.0963. The summed E-state index contributed by atoms with van der Waals surface area (Å²) in [6.45, 7) is 10.2. The molecule has 0 bridgehead atoms. The number of hydrogen-bond donors (Lipinski definition) is 3. The van der Waals surface area contributed by atoms with Gasteiger partial charge in [-0.25, -0.2) is 4.99 Å². The Morgan fingerprint density at radius 2 is 1.77 bits per heavy atom. The minimum Gasteiger partial charge on any atom is -0.357 e. The second kappa shape index (κ2) is 13.8. The average molecular weight is 474 g/mol. The minimum absolute atomic E-state index is 0. The Balaban J connectivity index is 0.00000625. The lowest BCUT2D eigenvalue weighted by atomic mass is 10.0. The summed E-state index contributed by atoms with van der Waals surface area (Å²) < 4.78 is 0. The highest BCUT2D eigenvalue weighted by atomic mass is 127. The molecule has 3 N–H and O–H groups in total. The first kappa shape index (κ1) is 24.7. The van der Waals surface area contributed by atoms with E-state index in [0.29, 0.717) is 18.2 Å². The Bertz CT molecular complexity index is 543. The van der Waals surface area contributed by atoms with Crippen molar-refractivity contribution in [1.29, 1.82) is 0 Å². The molecule has 0 aliphatic heterocycles. The average Bonchev–Trinajstić information content (AvgIpc) is 2.59. The molecule has 1 rings (SSSR count). The molecule has 1 atom stereocenters. The monoisotopic (exact) mass is 474 g/mol. The molecule has 0 saturated heterocycles. The molecule has 1 unspecified atom stereocenters. The van der Waals surface area contributed by atoms with Crippen LogP contribution < -0.4 is 16.0 Å². The molecule has 0 spiro atoms. The number of aliphatic imine (C=N–C) groups is 1. The van der Waals surface area contributed by atoms with Crippen molar-refractivity contribution in [3.8, 4) is 0 Å². The molecule has 0 heterocycles. The first-order chi connectivity index (χ1) is 12.0. The van der Waals surface area contributed by atoms with E-state index in [2.05, 4.69) is 48.6 Å². The van der Waals surface area contributed by atoms with Crippen molar-refractivity contribution in [1.82, 2.24) is 16.0 Å². The van der Waals surface area contributed by atoms with Gasteiger partial charge in [-0.3, -0.25) is 4.79 Å². The molecule has 0 radical (unpaired) electrons. The zero-order valence-electron chi connectivity index (χ0n) is 16.8. The standard InChI is InChI=1S/C20H34N4O.HI/c1-6-22-20(24-16(4)9-7-8-15(2)3)23-14-17-10-12-18(13-11-17)19(25)21-5;/h10-13,15-16H,6-9,14H2,1-5H3,(H,21,25)(H2,22,23,24);1H. The Hall–Kier alpha value is -1.31. The van der Waals surface area contributed by atoms with Crippen LogP contribution in [0.15, 0.2) is 29.3 Å². The van der Waals surface area contributed by atoms with Crippen molar-refractivity contribution in [2.75, 3.05) is 13.6 Å². The molecule has 6 heteroatoms. The lowest BCUT2D eigenvalue weighted by Crippen LogP contribution is -2.42. The van der Waals surface area contributed by atoms with Gasteiger partial charge >= 0.3 is 0 Å². The van der Waals surface area contributed by atoms with Gasteiger partial charge in [0.25, 0.3) is 5.91 Å². The summed E-state index contributed by atoms with van der Waals surface area (Å²) in [7, 11) is 1.64.